The van der Waals surface area contributed by atoms with Crippen LogP contribution in [0.15, 0.2) is 23.0 Å². The molecule has 0 aliphatic heterocycles. The maximum absolute atomic E-state index is 12.8. The van der Waals surface area contributed by atoms with Gasteiger partial charge in [-0.3, -0.25) is 9.59 Å². The number of carbonyl (C=O) groups is 1. The quantitative estimate of drug-likeness (QED) is 0.674. The van der Waals surface area contributed by atoms with Gasteiger partial charge in [0.25, 0.3) is 0 Å². The van der Waals surface area contributed by atoms with E-state index in [1.165, 1.54) is 41.6 Å². The molecule has 1 N–H and O–H groups in total. The number of benzene rings is 1. The lowest BCUT2D eigenvalue weighted by molar-refractivity contribution is -0.125. The Kier molecular flexibility index (Phi) is 7.48. The first-order valence-corrected chi connectivity index (χ1v) is 10.3. The minimum atomic E-state index is -0.470. The van der Waals surface area contributed by atoms with E-state index in [1.54, 1.807) is 12.1 Å². The van der Waals surface area contributed by atoms with Crippen molar-refractivity contribution in [2.45, 2.75) is 18.9 Å². The molecule has 0 radical (unpaired) electrons. The van der Waals surface area contributed by atoms with Crippen LogP contribution in [0.25, 0.3) is 11.1 Å². The molecule has 1 amide bonds. The summed E-state index contributed by atoms with van der Waals surface area (Å²) in [5, 5.41) is 3.34. The molecule has 3 rings (SSSR count). The maximum Gasteiger partial charge on any atom is 0.246 e. The fourth-order valence-corrected chi connectivity index (χ4v) is 4.41. The molecule has 0 saturated carbocycles. The first kappa shape index (κ1) is 23.7. The standard InChI is InChI=1S/C23H26ClNO7/c1-28-11-18(27)25-15-8-6-13-19(12-7-9-17(29-2)16(26)10-14(12)15)21(30-3)23(32-5)22(31-4)20(13)24/h7,9-10,15H,6,8,11H2,1-5H3,(H,25,27)/t15-/m0/s1. The Hall–Kier alpha value is -2.97. The summed E-state index contributed by atoms with van der Waals surface area (Å²) in [5.74, 6) is 0.995. The highest BCUT2D eigenvalue weighted by Crippen LogP contribution is 2.54. The zero-order chi connectivity index (χ0) is 23.4. The van der Waals surface area contributed by atoms with E-state index in [9.17, 15) is 9.59 Å². The Morgan fingerprint density at radius 3 is 2.31 bits per heavy atom. The lowest BCUT2D eigenvalue weighted by atomic mass is 9.95. The lowest BCUT2D eigenvalue weighted by Crippen LogP contribution is -2.31. The van der Waals surface area contributed by atoms with E-state index >= 15 is 0 Å². The van der Waals surface area contributed by atoms with Gasteiger partial charge in [0.2, 0.25) is 17.1 Å². The molecule has 1 atom stereocenters. The van der Waals surface area contributed by atoms with Crippen molar-refractivity contribution in [2.75, 3.05) is 42.2 Å². The van der Waals surface area contributed by atoms with Crippen LogP contribution in [0.2, 0.25) is 5.02 Å². The topological polar surface area (TPSA) is 92.3 Å². The van der Waals surface area contributed by atoms with Gasteiger partial charge < -0.3 is 29.0 Å². The molecule has 1 aliphatic rings. The summed E-state index contributed by atoms with van der Waals surface area (Å²) < 4.78 is 27.0. The molecule has 32 heavy (non-hydrogen) atoms. The van der Waals surface area contributed by atoms with E-state index in [2.05, 4.69) is 5.32 Å². The summed E-state index contributed by atoms with van der Waals surface area (Å²) in [6.07, 6.45) is 0.978. The summed E-state index contributed by atoms with van der Waals surface area (Å²) in [7, 11) is 7.40. The van der Waals surface area contributed by atoms with Crippen molar-refractivity contribution in [3.8, 4) is 34.1 Å². The van der Waals surface area contributed by atoms with Gasteiger partial charge >= 0.3 is 0 Å². The fourth-order valence-electron chi connectivity index (χ4n) is 4.06. The molecule has 8 nitrogen and oxygen atoms in total. The van der Waals surface area contributed by atoms with Crippen LogP contribution in [0.4, 0.5) is 0 Å². The Morgan fingerprint density at radius 1 is 1.03 bits per heavy atom. The summed E-state index contributed by atoms with van der Waals surface area (Å²) >= 11 is 6.75. The van der Waals surface area contributed by atoms with Crippen LogP contribution in [0.3, 0.4) is 0 Å². The number of methoxy groups -OCH3 is 5. The molecule has 1 aliphatic carbocycles. The van der Waals surface area contributed by atoms with Crippen LogP contribution in [-0.4, -0.2) is 48.1 Å². The zero-order valence-electron chi connectivity index (χ0n) is 18.7. The van der Waals surface area contributed by atoms with Gasteiger partial charge in [-0.05, 0) is 41.7 Å². The summed E-state index contributed by atoms with van der Waals surface area (Å²) in [6.45, 7) is -0.100. The van der Waals surface area contributed by atoms with Crippen LogP contribution in [0, 0.1) is 0 Å². The van der Waals surface area contributed by atoms with Crippen LogP contribution >= 0.6 is 11.6 Å². The van der Waals surface area contributed by atoms with E-state index in [4.69, 9.17) is 35.3 Å². The third-order valence-electron chi connectivity index (χ3n) is 5.42. The summed E-state index contributed by atoms with van der Waals surface area (Å²) in [6, 6.07) is 4.36. The third kappa shape index (κ3) is 4.20. The average Bonchev–Trinajstić information content (AvgIpc) is 3.03. The van der Waals surface area contributed by atoms with Crippen molar-refractivity contribution in [2.24, 2.45) is 0 Å². The predicted octanol–water partition coefficient (Wildman–Crippen LogP) is 3.15. The van der Waals surface area contributed by atoms with Crippen LogP contribution in [-0.2, 0) is 16.0 Å². The Morgan fingerprint density at radius 2 is 1.72 bits per heavy atom. The molecule has 0 spiro atoms. The second-order valence-electron chi connectivity index (χ2n) is 7.14. The summed E-state index contributed by atoms with van der Waals surface area (Å²) in [4.78, 5) is 25.1. The number of hydrogen-bond donors (Lipinski definition) is 1. The van der Waals surface area contributed by atoms with Crippen molar-refractivity contribution in [3.63, 3.8) is 0 Å². The minimum absolute atomic E-state index is 0.100. The second-order valence-corrected chi connectivity index (χ2v) is 7.52. The van der Waals surface area contributed by atoms with Crippen LogP contribution in [0.1, 0.15) is 23.6 Å². The maximum atomic E-state index is 12.8. The van der Waals surface area contributed by atoms with Crippen LogP contribution in [0.5, 0.6) is 23.0 Å². The molecule has 0 aromatic heterocycles. The number of nitrogens with one attached hydrogen (secondary N) is 1. The van der Waals surface area contributed by atoms with E-state index in [-0.39, 0.29) is 23.7 Å². The largest absolute Gasteiger partial charge is 0.493 e. The van der Waals surface area contributed by atoms with Crippen molar-refractivity contribution in [3.05, 3.63) is 44.6 Å². The normalized spacial score (nSPS) is 14.5. The number of amides is 1. The van der Waals surface area contributed by atoms with Gasteiger partial charge in [-0.2, -0.15) is 0 Å². The zero-order valence-corrected chi connectivity index (χ0v) is 19.4. The Labute approximate surface area is 191 Å². The second kappa shape index (κ2) is 10.1. The molecule has 2 aromatic rings. The van der Waals surface area contributed by atoms with E-state index < -0.39 is 6.04 Å². The highest BCUT2D eigenvalue weighted by atomic mass is 35.5. The number of hydrogen-bond acceptors (Lipinski definition) is 7. The van der Waals surface area contributed by atoms with Crippen molar-refractivity contribution < 1.29 is 28.5 Å². The SMILES string of the molecule is COCC(=O)N[C@H]1CCc2c(Cl)c(OC)c(OC)c(OC)c2-c2ccc(OC)c(=O)cc21. The number of carbonyl (C=O) groups excluding carboxylic acids is 1. The van der Waals surface area contributed by atoms with Gasteiger partial charge in [-0.15, -0.1) is 0 Å². The Balaban J connectivity index is 2.39. The molecular weight excluding hydrogens is 438 g/mol. The van der Waals surface area contributed by atoms with Gasteiger partial charge in [0.05, 0.1) is 39.5 Å². The minimum Gasteiger partial charge on any atom is -0.493 e. The first-order valence-electron chi connectivity index (χ1n) is 9.92. The first-order chi connectivity index (χ1) is 15.4. The van der Waals surface area contributed by atoms with Gasteiger partial charge in [0.1, 0.15) is 6.61 Å². The summed E-state index contributed by atoms with van der Waals surface area (Å²) in [5.41, 5.74) is 2.41. The van der Waals surface area contributed by atoms with Gasteiger partial charge in [-0.1, -0.05) is 17.7 Å². The molecule has 0 heterocycles. The van der Waals surface area contributed by atoms with Crippen molar-refractivity contribution in [1.82, 2.24) is 5.32 Å². The Bertz CT molecular complexity index is 1090. The van der Waals surface area contributed by atoms with Gasteiger partial charge in [0.15, 0.2) is 17.2 Å². The van der Waals surface area contributed by atoms with Crippen molar-refractivity contribution >= 4 is 17.5 Å². The lowest BCUT2D eigenvalue weighted by Gasteiger charge is -2.21. The molecule has 172 valence electrons. The van der Waals surface area contributed by atoms with E-state index in [0.29, 0.717) is 51.8 Å². The smallest absolute Gasteiger partial charge is 0.246 e. The molecule has 2 aromatic carbocycles. The monoisotopic (exact) mass is 463 g/mol. The molecule has 0 bridgehead atoms. The van der Waals surface area contributed by atoms with Gasteiger partial charge in [0, 0.05) is 12.7 Å². The number of fused-ring (bicyclic) bond motifs is 3. The number of halogens is 1. The number of ether oxygens (including phenoxy) is 5. The van der Waals surface area contributed by atoms with Crippen molar-refractivity contribution in [1.29, 1.82) is 0 Å². The predicted molar refractivity (Wildman–Crippen MR) is 120 cm³/mol. The highest BCUT2D eigenvalue weighted by Gasteiger charge is 2.32. The van der Waals surface area contributed by atoms with Gasteiger partial charge in [-0.25, -0.2) is 0 Å². The molecule has 9 heteroatoms. The van der Waals surface area contributed by atoms with E-state index in [1.807, 2.05) is 0 Å². The molecule has 0 unspecified atom stereocenters. The third-order valence-corrected chi connectivity index (χ3v) is 5.82. The molecule has 0 fully saturated rings. The molecular formula is C23H26ClNO7. The average molecular weight is 464 g/mol. The molecule has 0 saturated heterocycles. The highest BCUT2D eigenvalue weighted by molar-refractivity contribution is 6.34. The van der Waals surface area contributed by atoms with Crippen LogP contribution < -0.4 is 29.7 Å². The fraction of sp³-hybridized carbons (Fsp3) is 0.391. The van der Waals surface area contributed by atoms with E-state index in [0.717, 1.165) is 5.56 Å². The number of rotatable bonds is 7.